The molecule has 20 heavy (non-hydrogen) atoms. The number of carboxylic acids is 1. The monoisotopic (exact) mass is 277 g/mol. The average Bonchev–Trinajstić information content (AvgIpc) is 2.91. The quantitative estimate of drug-likeness (QED) is 0.795. The number of hydrogen-bond donors (Lipinski definition) is 2. The van der Waals surface area contributed by atoms with Gasteiger partial charge in [0.15, 0.2) is 0 Å². The molecule has 1 fully saturated rings. The molecule has 5 nitrogen and oxygen atoms in total. The molecule has 1 atom stereocenters. The van der Waals surface area contributed by atoms with Gasteiger partial charge in [-0.25, -0.2) is 4.79 Å². The zero-order valence-corrected chi connectivity index (χ0v) is 12.0. The highest BCUT2D eigenvalue weighted by Crippen LogP contribution is 2.11. The van der Waals surface area contributed by atoms with E-state index in [1.54, 1.807) is 12.3 Å². The van der Waals surface area contributed by atoms with E-state index >= 15 is 0 Å². The first-order valence-corrected chi connectivity index (χ1v) is 7.33. The second-order valence-corrected chi connectivity index (χ2v) is 5.36. The Morgan fingerprint density at radius 2 is 2.45 bits per heavy atom. The molecule has 0 saturated carbocycles. The van der Waals surface area contributed by atoms with Crippen LogP contribution >= 0.6 is 0 Å². The van der Waals surface area contributed by atoms with Crippen molar-refractivity contribution in [3.05, 3.63) is 29.6 Å². The van der Waals surface area contributed by atoms with E-state index in [1.165, 1.54) is 25.5 Å². The summed E-state index contributed by atoms with van der Waals surface area (Å²) in [5.74, 6) is -0.903. The number of pyridine rings is 1. The van der Waals surface area contributed by atoms with E-state index < -0.39 is 5.97 Å². The number of carboxylic acid groups (broad SMARTS) is 1. The van der Waals surface area contributed by atoms with Crippen LogP contribution in [0.15, 0.2) is 18.3 Å². The Hall–Kier alpha value is -1.46. The molecule has 0 spiro atoms. The first-order valence-electron chi connectivity index (χ1n) is 7.33. The summed E-state index contributed by atoms with van der Waals surface area (Å²) < 4.78 is 0. The number of aromatic nitrogens is 1. The Morgan fingerprint density at radius 3 is 3.20 bits per heavy atom. The minimum atomic E-state index is -0.903. The molecule has 1 aliphatic rings. The van der Waals surface area contributed by atoms with Crippen LogP contribution in [0.25, 0.3) is 0 Å². The highest BCUT2D eigenvalue weighted by Gasteiger charge is 2.21. The Kier molecular flexibility index (Phi) is 5.49. The van der Waals surface area contributed by atoms with E-state index in [0.717, 1.165) is 25.2 Å². The van der Waals surface area contributed by atoms with Gasteiger partial charge in [-0.2, -0.15) is 0 Å². The third-order valence-corrected chi connectivity index (χ3v) is 3.74. The van der Waals surface area contributed by atoms with E-state index in [-0.39, 0.29) is 0 Å². The fourth-order valence-electron chi connectivity index (χ4n) is 2.54. The van der Waals surface area contributed by atoms with Gasteiger partial charge in [-0.05, 0) is 38.1 Å². The van der Waals surface area contributed by atoms with Crippen LogP contribution in [0, 0.1) is 0 Å². The van der Waals surface area contributed by atoms with Gasteiger partial charge in [-0.1, -0.05) is 13.3 Å². The molecule has 1 aromatic heterocycles. The molecule has 0 amide bonds. The number of nitrogens with zero attached hydrogens (tertiary/aromatic N) is 2. The lowest BCUT2D eigenvalue weighted by Gasteiger charge is -2.16. The van der Waals surface area contributed by atoms with Gasteiger partial charge in [0, 0.05) is 25.3 Å². The summed E-state index contributed by atoms with van der Waals surface area (Å²) in [6, 6.07) is 3.65. The van der Waals surface area contributed by atoms with Crippen molar-refractivity contribution in [3.8, 4) is 0 Å². The maximum absolute atomic E-state index is 10.9. The molecule has 2 N–H and O–H groups in total. The van der Waals surface area contributed by atoms with Crippen LogP contribution in [0.2, 0.25) is 0 Å². The molecule has 2 rings (SSSR count). The largest absolute Gasteiger partial charge is 0.478 e. The molecule has 1 saturated heterocycles. The number of likely N-dealkylation sites (tertiary alicyclic amines) is 1. The number of unbranched alkanes of at least 4 members (excludes halogenated alkanes) is 1. The van der Waals surface area contributed by atoms with E-state index in [0.29, 0.717) is 18.2 Å². The molecule has 0 aliphatic carbocycles. The second-order valence-electron chi connectivity index (χ2n) is 5.36. The lowest BCUT2D eigenvalue weighted by Crippen LogP contribution is -2.32. The van der Waals surface area contributed by atoms with Crippen molar-refractivity contribution >= 4 is 5.97 Å². The molecule has 1 aromatic rings. The van der Waals surface area contributed by atoms with E-state index in [2.05, 4.69) is 22.1 Å². The number of carbonyl (C=O) groups is 1. The Bertz CT molecular complexity index is 450. The van der Waals surface area contributed by atoms with Crippen LogP contribution in [0.3, 0.4) is 0 Å². The molecule has 110 valence electrons. The van der Waals surface area contributed by atoms with Crippen molar-refractivity contribution in [2.75, 3.05) is 19.6 Å². The number of aromatic carboxylic acids is 1. The molecule has 5 heteroatoms. The molecular weight excluding hydrogens is 254 g/mol. The van der Waals surface area contributed by atoms with Crippen molar-refractivity contribution in [1.82, 2.24) is 15.2 Å². The standard InChI is InChI=1S/C15H23N3O2/c1-2-3-7-18-8-5-13(11-18)17-10-14-9-12(15(19)20)4-6-16-14/h4,6,9,13,17H,2-3,5,7-8,10-11H2,1H3,(H,19,20). The van der Waals surface area contributed by atoms with Crippen LogP contribution in [0.4, 0.5) is 0 Å². The third-order valence-electron chi connectivity index (χ3n) is 3.74. The Morgan fingerprint density at radius 1 is 1.60 bits per heavy atom. The molecular formula is C15H23N3O2. The van der Waals surface area contributed by atoms with Gasteiger partial charge in [0.2, 0.25) is 0 Å². The van der Waals surface area contributed by atoms with Crippen LogP contribution in [0.5, 0.6) is 0 Å². The van der Waals surface area contributed by atoms with Gasteiger partial charge >= 0.3 is 5.97 Å². The van der Waals surface area contributed by atoms with E-state index in [9.17, 15) is 4.79 Å². The average molecular weight is 277 g/mol. The molecule has 0 radical (unpaired) electrons. The van der Waals surface area contributed by atoms with Crippen molar-refractivity contribution < 1.29 is 9.90 Å². The summed E-state index contributed by atoms with van der Waals surface area (Å²) in [4.78, 5) is 17.6. The summed E-state index contributed by atoms with van der Waals surface area (Å²) in [5, 5.41) is 12.4. The molecule has 0 bridgehead atoms. The van der Waals surface area contributed by atoms with Crippen molar-refractivity contribution in [2.45, 2.75) is 38.8 Å². The van der Waals surface area contributed by atoms with Gasteiger partial charge < -0.3 is 15.3 Å². The minimum absolute atomic E-state index is 0.299. The third kappa shape index (κ3) is 4.28. The maximum atomic E-state index is 10.9. The van der Waals surface area contributed by atoms with Crippen molar-refractivity contribution in [1.29, 1.82) is 0 Å². The predicted octanol–water partition coefficient (Wildman–Crippen LogP) is 1.74. The number of rotatable bonds is 7. The normalized spacial score (nSPS) is 19.4. The topological polar surface area (TPSA) is 65.5 Å². The highest BCUT2D eigenvalue weighted by molar-refractivity contribution is 5.87. The van der Waals surface area contributed by atoms with Crippen molar-refractivity contribution in [3.63, 3.8) is 0 Å². The fourth-order valence-corrected chi connectivity index (χ4v) is 2.54. The maximum Gasteiger partial charge on any atom is 0.335 e. The lowest BCUT2D eigenvalue weighted by molar-refractivity contribution is 0.0696. The summed E-state index contributed by atoms with van der Waals surface area (Å²) in [7, 11) is 0. The van der Waals surface area contributed by atoms with Gasteiger partial charge in [0.1, 0.15) is 0 Å². The molecule has 0 aromatic carbocycles. The lowest BCUT2D eigenvalue weighted by atomic mass is 10.2. The summed E-state index contributed by atoms with van der Waals surface area (Å²) >= 11 is 0. The molecule has 2 heterocycles. The van der Waals surface area contributed by atoms with Crippen LogP contribution in [-0.4, -0.2) is 46.6 Å². The van der Waals surface area contributed by atoms with Gasteiger partial charge in [-0.3, -0.25) is 4.98 Å². The van der Waals surface area contributed by atoms with Crippen LogP contribution in [0.1, 0.15) is 42.2 Å². The van der Waals surface area contributed by atoms with Gasteiger partial charge in [-0.15, -0.1) is 0 Å². The minimum Gasteiger partial charge on any atom is -0.478 e. The zero-order chi connectivity index (χ0) is 14.4. The number of hydrogen-bond acceptors (Lipinski definition) is 4. The summed E-state index contributed by atoms with van der Waals surface area (Å²) in [5.41, 5.74) is 1.09. The number of nitrogens with one attached hydrogen (secondary N) is 1. The zero-order valence-electron chi connectivity index (χ0n) is 12.0. The van der Waals surface area contributed by atoms with Crippen LogP contribution in [-0.2, 0) is 6.54 Å². The second kappa shape index (κ2) is 7.36. The highest BCUT2D eigenvalue weighted by atomic mass is 16.4. The predicted molar refractivity (Wildman–Crippen MR) is 77.8 cm³/mol. The molecule has 1 aliphatic heterocycles. The van der Waals surface area contributed by atoms with Gasteiger partial charge in [0.05, 0.1) is 11.3 Å². The molecule has 1 unspecified atom stereocenters. The van der Waals surface area contributed by atoms with Gasteiger partial charge in [0.25, 0.3) is 0 Å². The fraction of sp³-hybridized carbons (Fsp3) is 0.600. The summed E-state index contributed by atoms with van der Waals surface area (Å²) in [6.45, 7) is 6.26. The first kappa shape index (κ1) is 14.9. The van der Waals surface area contributed by atoms with Crippen LogP contribution < -0.4 is 5.32 Å². The Labute approximate surface area is 120 Å². The first-order chi connectivity index (χ1) is 9.69. The SMILES string of the molecule is CCCCN1CCC(NCc2cc(C(=O)O)ccn2)C1. The smallest absolute Gasteiger partial charge is 0.335 e. The summed E-state index contributed by atoms with van der Waals surface area (Å²) in [6.07, 6.45) is 5.21. The Balaban J connectivity index is 1.78. The van der Waals surface area contributed by atoms with E-state index in [1.807, 2.05) is 0 Å². The van der Waals surface area contributed by atoms with E-state index in [4.69, 9.17) is 5.11 Å². The van der Waals surface area contributed by atoms with Crippen molar-refractivity contribution in [2.24, 2.45) is 0 Å².